The lowest BCUT2D eigenvalue weighted by atomic mass is 10.3. The fourth-order valence-corrected chi connectivity index (χ4v) is 5.42. The van der Waals surface area contributed by atoms with Gasteiger partial charge < -0.3 is 9.32 Å². The van der Waals surface area contributed by atoms with Crippen molar-refractivity contribution >= 4 is 39.3 Å². The molecule has 2 heterocycles. The number of halogens is 1. The Morgan fingerprint density at radius 1 is 1.22 bits per heavy atom. The monoisotopic (exact) mass is 429 g/mol. The zero-order chi connectivity index (χ0) is 19.6. The van der Waals surface area contributed by atoms with Crippen LogP contribution in [0.3, 0.4) is 0 Å². The molecule has 0 unspecified atom stereocenters. The number of hydrogen-bond acceptors (Lipinski definition) is 6. The summed E-state index contributed by atoms with van der Waals surface area (Å²) in [6, 6.07) is 6.37. The van der Waals surface area contributed by atoms with Gasteiger partial charge in [-0.15, -0.1) is 0 Å². The number of rotatable bonds is 5. The van der Waals surface area contributed by atoms with Crippen LogP contribution >= 0.6 is 23.4 Å². The molecule has 27 heavy (non-hydrogen) atoms. The number of carbonyl (C=O) groups is 1. The molecule has 0 spiro atoms. The summed E-state index contributed by atoms with van der Waals surface area (Å²) in [5, 5.41) is 0.669. The topological polar surface area (TPSA) is 83.7 Å². The second-order valence-electron chi connectivity index (χ2n) is 6.13. The molecule has 2 aromatic rings. The van der Waals surface area contributed by atoms with Crippen LogP contribution in [-0.2, 0) is 14.8 Å². The minimum absolute atomic E-state index is 0.0664. The average molecular weight is 430 g/mol. The van der Waals surface area contributed by atoms with Crippen molar-refractivity contribution in [2.24, 2.45) is 0 Å². The Labute approximate surface area is 167 Å². The zero-order valence-corrected chi connectivity index (χ0v) is 17.4. The number of sulfonamides is 1. The van der Waals surface area contributed by atoms with E-state index in [9.17, 15) is 13.2 Å². The molecule has 1 aliphatic heterocycles. The highest BCUT2D eigenvalue weighted by Gasteiger charge is 2.31. The van der Waals surface area contributed by atoms with Gasteiger partial charge in [0.25, 0.3) is 5.22 Å². The van der Waals surface area contributed by atoms with E-state index in [1.165, 1.54) is 22.1 Å². The maximum Gasteiger partial charge on any atom is 0.256 e. The van der Waals surface area contributed by atoms with Gasteiger partial charge in [0, 0.05) is 26.2 Å². The molecule has 0 saturated carbocycles. The highest BCUT2D eigenvalue weighted by molar-refractivity contribution is 7.99. The number of aryl methyl sites for hydroxylation is 2. The quantitative estimate of drug-likeness (QED) is 0.679. The van der Waals surface area contributed by atoms with E-state index in [1.807, 2.05) is 13.8 Å². The lowest BCUT2D eigenvalue weighted by Crippen LogP contribution is -2.51. The number of hydrogen-bond donors (Lipinski definition) is 0. The first-order valence-electron chi connectivity index (χ1n) is 8.38. The van der Waals surface area contributed by atoms with Crippen molar-refractivity contribution in [3.63, 3.8) is 0 Å². The predicted molar refractivity (Wildman–Crippen MR) is 103 cm³/mol. The Kier molecular flexibility index (Phi) is 6.15. The number of benzene rings is 1. The third kappa shape index (κ3) is 4.48. The number of amides is 1. The maximum atomic E-state index is 12.7. The number of nitrogens with zero attached hydrogens (tertiary/aromatic N) is 3. The van der Waals surface area contributed by atoms with Crippen molar-refractivity contribution in [3.8, 4) is 0 Å². The maximum absolute atomic E-state index is 12.7. The Morgan fingerprint density at radius 2 is 1.89 bits per heavy atom. The summed E-state index contributed by atoms with van der Waals surface area (Å²) in [6.45, 7) is 4.83. The van der Waals surface area contributed by atoms with E-state index < -0.39 is 10.0 Å². The normalized spacial score (nSPS) is 15.9. The van der Waals surface area contributed by atoms with Gasteiger partial charge in [-0.1, -0.05) is 35.5 Å². The van der Waals surface area contributed by atoms with Gasteiger partial charge in [-0.3, -0.25) is 4.79 Å². The van der Waals surface area contributed by atoms with Gasteiger partial charge in [0.2, 0.25) is 15.9 Å². The average Bonchev–Trinajstić information content (AvgIpc) is 2.98. The Hall–Kier alpha value is -1.55. The molecule has 0 aliphatic carbocycles. The van der Waals surface area contributed by atoms with Crippen LogP contribution in [0, 0.1) is 13.8 Å². The van der Waals surface area contributed by atoms with Crippen molar-refractivity contribution in [1.82, 2.24) is 14.2 Å². The van der Waals surface area contributed by atoms with E-state index in [1.54, 1.807) is 23.1 Å². The minimum Gasteiger partial charge on any atom is -0.437 e. The molecule has 10 heteroatoms. The first kappa shape index (κ1) is 20.2. The number of oxazole rings is 1. The number of piperazine rings is 1. The second-order valence-corrected chi connectivity index (χ2v) is 9.37. The SMILES string of the molecule is Cc1nc(SCC(=O)N2CCN(S(=O)(=O)c3ccccc3Cl)CC2)oc1C. The van der Waals surface area contributed by atoms with Gasteiger partial charge in [0.05, 0.1) is 16.5 Å². The van der Waals surface area contributed by atoms with Crippen LogP contribution in [-0.4, -0.2) is 60.4 Å². The molecule has 0 atom stereocenters. The van der Waals surface area contributed by atoms with Crippen molar-refractivity contribution in [1.29, 1.82) is 0 Å². The summed E-state index contributed by atoms with van der Waals surface area (Å²) in [6.07, 6.45) is 0. The molecule has 1 aromatic heterocycles. The van der Waals surface area contributed by atoms with Crippen LogP contribution in [0.4, 0.5) is 0 Å². The van der Waals surface area contributed by atoms with Crippen LogP contribution in [0.5, 0.6) is 0 Å². The van der Waals surface area contributed by atoms with Crippen LogP contribution in [0.2, 0.25) is 5.02 Å². The molecule has 1 aliphatic rings. The fourth-order valence-electron chi connectivity index (χ4n) is 2.69. The first-order chi connectivity index (χ1) is 12.8. The molecule has 7 nitrogen and oxygen atoms in total. The molecule has 1 saturated heterocycles. The number of thioether (sulfide) groups is 1. The molecule has 0 bridgehead atoms. The largest absolute Gasteiger partial charge is 0.437 e. The van der Waals surface area contributed by atoms with E-state index in [4.69, 9.17) is 16.0 Å². The summed E-state index contributed by atoms with van der Waals surface area (Å²) in [5.41, 5.74) is 0.809. The molecule has 3 rings (SSSR count). The summed E-state index contributed by atoms with van der Waals surface area (Å²) in [4.78, 5) is 18.4. The molecule has 0 radical (unpaired) electrons. The Morgan fingerprint density at radius 3 is 2.48 bits per heavy atom. The van der Waals surface area contributed by atoms with Crippen LogP contribution in [0.15, 0.2) is 38.8 Å². The molecule has 0 N–H and O–H groups in total. The van der Waals surface area contributed by atoms with Gasteiger partial charge in [-0.25, -0.2) is 13.4 Å². The summed E-state index contributed by atoms with van der Waals surface area (Å²) < 4.78 is 32.3. The zero-order valence-electron chi connectivity index (χ0n) is 15.0. The van der Waals surface area contributed by atoms with Crippen molar-refractivity contribution in [2.45, 2.75) is 24.0 Å². The molecule has 1 amide bonds. The van der Waals surface area contributed by atoms with Crippen molar-refractivity contribution in [3.05, 3.63) is 40.7 Å². The van der Waals surface area contributed by atoms with Crippen LogP contribution in [0.1, 0.15) is 11.5 Å². The Bertz CT molecular complexity index is 918. The van der Waals surface area contributed by atoms with Gasteiger partial charge >= 0.3 is 0 Å². The summed E-state index contributed by atoms with van der Waals surface area (Å²) in [7, 11) is -3.67. The number of carbonyl (C=O) groups excluding carboxylic acids is 1. The van der Waals surface area contributed by atoms with E-state index >= 15 is 0 Å². The summed E-state index contributed by atoms with van der Waals surface area (Å²) in [5.74, 6) is 0.878. The molecule has 1 fully saturated rings. The molecule has 146 valence electrons. The van der Waals surface area contributed by atoms with Crippen LogP contribution in [0.25, 0.3) is 0 Å². The number of aromatic nitrogens is 1. The fraction of sp³-hybridized carbons (Fsp3) is 0.412. The van der Waals surface area contributed by atoms with Gasteiger partial charge in [-0.05, 0) is 26.0 Å². The first-order valence-corrected chi connectivity index (χ1v) is 11.2. The van der Waals surface area contributed by atoms with E-state index in [2.05, 4.69) is 4.98 Å². The predicted octanol–water partition coefficient (Wildman–Crippen LogP) is 2.57. The van der Waals surface area contributed by atoms with Crippen molar-refractivity contribution < 1.29 is 17.6 Å². The van der Waals surface area contributed by atoms with Crippen molar-refractivity contribution in [2.75, 3.05) is 31.9 Å². The Balaban J connectivity index is 1.56. The van der Waals surface area contributed by atoms with E-state index in [0.29, 0.717) is 18.3 Å². The highest BCUT2D eigenvalue weighted by atomic mass is 35.5. The van der Waals surface area contributed by atoms with Gasteiger partial charge in [-0.2, -0.15) is 4.31 Å². The lowest BCUT2D eigenvalue weighted by Gasteiger charge is -2.34. The summed E-state index contributed by atoms with van der Waals surface area (Å²) >= 11 is 7.28. The van der Waals surface area contributed by atoms with Gasteiger partial charge in [0.1, 0.15) is 10.7 Å². The third-order valence-corrected chi connectivity index (χ3v) is 7.59. The standard InChI is InChI=1S/C17H20ClN3O4S2/c1-12-13(2)25-17(19-12)26-11-16(22)20-7-9-21(10-8-20)27(23,24)15-6-4-3-5-14(15)18/h3-6H,7-11H2,1-2H3. The molecular weight excluding hydrogens is 410 g/mol. The second kappa shape index (κ2) is 8.22. The minimum atomic E-state index is -3.67. The van der Waals surface area contributed by atoms with E-state index in [0.717, 1.165) is 11.5 Å². The molecular formula is C17H20ClN3O4S2. The van der Waals surface area contributed by atoms with Crippen LogP contribution < -0.4 is 0 Å². The van der Waals surface area contributed by atoms with E-state index in [-0.39, 0.29) is 34.7 Å². The van der Waals surface area contributed by atoms with Gasteiger partial charge in [0.15, 0.2) is 0 Å². The third-order valence-electron chi connectivity index (χ3n) is 4.37. The molecule has 1 aromatic carbocycles. The lowest BCUT2D eigenvalue weighted by molar-refractivity contribution is -0.129. The smallest absolute Gasteiger partial charge is 0.256 e. The highest BCUT2D eigenvalue weighted by Crippen LogP contribution is 2.25.